The van der Waals surface area contributed by atoms with Crippen molar-refractivity contribution in [3.05, 3.63) is 0 Å². The van der Waals surface area contributed by atoms with Crippen molar-refractivity contribution in [2.75, 3.05) is 0 Å². The Balaban J connectivity index is -0.00000000500. The summed E-state index contributed by atoms with van der Waals surface area (Å²) in [5, 5.41) is 0. The van der Waals surface area contributed by atoms with Crippen molar-refractivity contribution in [1.82, 2.24) is 0 Å². The van der Waals surface area contributed by atoms with Gasteiger partial charge in [0.25, 0.3) is 0 Å². The molecule has 0 aliphatic rings. The molecule has 0 rings (SSSR count). The molecule has 25 valence electrons. The Bertz CT molecular complexity index is 6.00. The Morgan fingerprint density at radius 2 is 1.00 bits per heavy atom. The van der Waals surface area contributed by atoms with Crippen molar-refractivity contribution in [1.29, 1.82) is 0 Å². The second kappa shape index (κ2) is 28.2. The van der Waals surface area contributed by atoms with Gasteiger partial charge >= 0.3 is 34.5 Å². The van der Waals surface area contributed by atoms with E-state index in [4.69, 9.17) is 0 Å². The third kappa shape index (κ3) is 10.4. The molecule has 0 aromatic carbocycles. The van der Waals surface area contributed by atoms with Crippen molar-refractivity contribution in [3.8, 4) is 0 Å². The van der Waals surface area contributed by atoms with Crippen LogP contribution in [0, 0.1) is 0 Å². The van der Waals surface area contributed by atoms with E-state index in [1.165, 1.54) is 14.8 Å². The standard InChI is InChI=1S/HI.2H2O.Zn/h1H;2*1H2;/q;;;+1/p-1. The van der Waals surface area contributed by atoms with Gasteiger partial charge in [-0.2, -0.15) is 0 Å². The molecule has 0 saturated carbocycles. The van der Waals surface area contributed by atoms with Crippen LogP contribution in [0.1, 0.15) is 0 Å². The van der Waals surface area contributed by atoms with Crippen LogP contribution >= 0.6 is 19.8 Å². The predicted octanol–water partition coefficient (Wildman–Crippen LogP) is -0.766. The average Bonchev–Trinajstić information content (AvgIpc) is 1.00. The molecule has 0 aromatic rings. The Kier molecular flexibility index (Phi) is 132. The van der Waals surface area contributed by atoms with E-state index in [1.807, 2.05) is 0 Å². The first kappa shape index (κ1) is 18.6. The Morgan fingerprint density at radius 1 is 1.00 bits per heavy atom. The third-order valence-corrected chi connectivity index (χ3v) is 0. The maximum absolute atomic E-state index is 2.28. The van der Waals surface area contributed by atoms with E-state index in [2.05, 4.69) is 19.8 Å². The first-order chi connectivity index (χ1) is 1.00. The van der Waals surface area contributed by atoms with Gasteiger partial charge in [0.2, 0.25) is 0 Å². The summed E-state index contributed by atoms with van der Waals surface area (Å²) in [6, 6.07) is 0. The minimum absolute atomic E-state index is 0. The molecule has 0 spiro atoms. The SMILES string of the molecule is O.O.[Zn][I]. The fourth-order valence-electron chi connectivity index (χ4n) is 0. The van der Waals surface area contributed by atoms with E-state index in [0.29, 0.717) is 0 Å². The van der Waals surface area contributed by atoms with Crippen LogP contribution in [0.2, 0.25) is 0 Å². The summed E-state index contributed by atoms with van der Waals surface area (Å²) in [6.07, 6.45) is 0. The van der Waals surface area contributed by atoms with E-state index >= 15 is 0 Å². The Morgan fingerprint density at radius 3 is 1.00 bits per heavy atom. The van der Waals surface area contributed by atoms with Crippen LogP contribution < -0.4 is 0 Å². The van der Waals surface area contributed by atoms with Gasteiger partial charge in [-0.05, 0) is 0 Å². The molecular formula is H4IO2Zn. The topological polar surface area (TPSA) is 63.0 Å². The van der Waals surface area contributed by atoms with Gasteiger partial charge in [-0.15, -0.1) is 0 Å². The zero-order valence-electron chi connectivity index (χ0n) is 2.09. The summed E-state index contributed by atoms with van der Waals surface area (Å²) in [5.41, 5.74) is 0. The average molecular weight is 228 g/mol. The molecule has 0 saturated heterocycles. The van der Waals surface area contributed by atoms with Crippen LogP contribution in [-0.2, 0) is 14.8 Å². The van der Waals surface area contributed by atoms with Crippen LogP contribution in [0.4, 0.5) is 0 Å². The molecule has 4 N–H and O–H groups in total. The zero-order valence-corrected chi connectivity index (χ0v) is 7.21. The van der Waals surface area contributed by atoms with Crippen molar-refractivity contribution in [2.45, 2.75) is 0 Å². The van der Waals surface area contributed by atoms with Gasteiger partial charge in [-0.25, -0.2) is 0 Å². The fourth-order valence-corrected chi connectivity index (χ4v) is 0. The molecule has 4 heavy (non-hydrogen) atoms. The molecule has 0 amide bonds. The summed E-state index contributed by atoms with van der Waals surface area (Å²) >= 11 is 3.62. The molecule has 2 nitrogen and oxygen atoms in total. The van der Waals surface area contributed by atoms with Crippen LogP contribution in [0.3, 0.4) is 0 Å². The Hall–Kier alpha value is 1.27. The summed E-state index contributed by atoms with van der Waals surface area (Å²) in [7, 11) is 0. The molecule has 0 fully saturated rings. The molecule has 0 aliphatic carbocycles. The second-order valence-electron chi connectivity index (χ2n) is 0. The van der Waals surface area contributed by atoms with Gasteiger partial charge in [-0.1, -0.05) is 0 Å². The van der Waals surface area contributed by atoms with Gasteiger partial charge in [0, 0.05) is 0 Å². The van der Waals surface area contributed by atoms with Crippen molar-refractivity contribution in [2.24, 2.45) is 0 Å². The van der Waals surface area contributed by atoms with Crippen LogP contribution in [0.25, 0.3) is 0 Å². The van der Waals surface area contributed by atoms with E-state index in [-0.39, 0.29) is 11.0 Å². The monoisotopic (exact) mass is 227 g/mol. The van der Waals surface area contributed by atoms with Crippen LogP contribution in [0.5, 0.6) is 0 Å². The van der Waals surface area contributed by atoms with Crippen molar-refractivity contribution < 1.29 is 25.7 Å². The molecule has 0 aliphatic heterocycles. The molecule has 0 aromatic heterocycles. The van der Waals surface area contributed by atoms with Crippen LogP contribution in [0.15, 0.2) is 0 Å². The van der Waals surface area contributed by atoms with E-state index in [9.17, 15) is 0 Å². The summed E-state index contributed by atoms with van der Waals surface area (Å²) < 4.78 is 0. The molecule has 0 unspecified atom stereocenters. The van der Waals surface area contributed by atoms with Crippen molar-refractivity contribution >= 4 is 19.8 Å². The number of hydrogen-bond donors (Lipinski definition) is 0. The molecule has 0 bridgehead atoms. The number of halogens is 1. The number of hydrogen-bond acceptors (Lipinski definition) is 0. The first-order valence-corrected chi connectivity index (χ1v) is 9.32. The second-order valence-corrected chi connectivity index (χ2v) is 0. The van der Waals surface area contributed by atoms with E-state index < -0.39 is 0 Å². The molecule has 4 heteroatoms. The van der Waals surface area contributed by atoms with Gasteiger partial charge in [0.05, 0.1) is 0 Å². The van der Waals surface area contributed by atoms with Gasteiger partial charge < -0.3 is 11.0 Å². The molecule has 0 atom stereocenters. The van der Waals surface area contributed by atoms with Crippen LogP contribution in [-0.4, -0.2) is 11.0 Å². The van der Waals surface area contributed by atoms with E-state index in [1.54, 1.807) is 0 Å². The molecule has 0 radical (unpaired) electrons. The molecule has 0 heterocycles. The molecular weight excluding hydrogens is 224 g/mol. The fraction of sp³-hybridized carbons (Fsp3) is 0. The first-order valence-electron chi connectivity index (χ1n) is 0.267. The summed E-state index contributed by atoms with van der Waals surface area (Å²) in [5.74, 6) is 0. The maximum atomic E-state index is 2.28. The normalized spacial score (nSPS) is 1.75. The minimum atomic E-state index is 0. The van der Waals surface area contributed by atoms with Gasteiger partial charge in [0.1, 0.15) is 0 Å². The van der Waals surface area contributed by atoms with Gasteiger partial charge in [-0.3, -0.25) is 0 Å². The van der Waals surface area contributed by atoms with E-state index in [0.717, 1.165) is 0 Å². The summed E-state index contributed by atoms with van der Waals surface area (Å²) in [6.45, 7) is 0. The Labute approximate surface area is 45.4 Å². The number of rotatable bonds is 0. The zero-order chi connectivity index (χ0) is 2.00. The summed E-state index contributed by atoms with van der Waals surface area (Å²) in [4.78, 5) is 0. The predicted molar refractivity (Wildman–Crippen MR) is 21.2 cm³/mol. The quantitative estimate of drug-likeness (QED) is 0.386. The third-order valence-electron chi connectivity index (χ3n) is 0. The van der Waals surface area contributed by atoms with Gasteiger partial charge in [0.15, 0.2) is 0 Å². The van der Waals surface area contributed by atoms with Crippen molar-refractivity contribution in [3.63, 3.8) is 0 Å².